The Hall–Kier alpha value is -2.84. The summed E-state index contributed by atoms with van der Waals surface area (Å²) in [6, 6.07) is 16.4. The number of amides is 2. The summed E-state index contributed by atoms with van der Waals surface area (Å²) in [6.07, 6.45) is 0. The number of nitriles is 1. The Morgan fingerprint density at radius 2 is 1.74 bits per heavy atom. The minimum atomic E-state index is -0.798. The van der Waals surface area contributed by atoms with Crippen molar-refractivity contribution in [3.63, 3.8) is 0 Å². The molecule has 2 amide bonds. The van der Waals surface area contributed by atoms with Crippen LogP contribution in [0.4, 0.5) is 0 Å². The molecule has 2 N–H and O–H groups in total. The minimum absolute atomic E-state index is 0.209. The van der Waals surface area contributed by atoms with Crippen LogP contribution in [0.1, 0.15) is 22.0 Å². The Morgan fingerprint density at radius 3 is 2.35 bits per heavy atom. The van der Waals surface area contributed by atoms with Crippen LogP contribution in [-0.2, 0) is 4.79 Å². The Balaban J connectivity index is 1.89. The number of halogens is 1. The molecule has 5 nitrogen and oxygen atoms in total. The molecule has 0 aliphatic carbocycles. The van der Waals surface area contributed by atoms with Crippen molar-refractivity contribution in [1.29, 1.82) is 5.26 Å². The van der Waals surface area contributed by atoms with Gasteiger partial charge in [-0.15, -0.1) is 0 Å². The normalized spacial score (nSPS) is 11.1. The summed E-state index contributed by atoms with van der Waals surface area (Å²) in [7, 11) is 0. The number of rotatable bonds is 5. The Labute approximate surface area is 138 Å². The van der Waals surface area contributed by atoms with Crippen molar-refractivity contribution < 1.29 is 9.59 Å². The van der Waals surface area contributed by atoms with Gasteiger partial charge in [0.2, 0.25) is 5.91 Å². The molecule has 2 aromatic rings. The molecule has 1 atom stereocenters. The van der Waals surface area contributed by atoms with E-state index in [0.29, 0.717) is 16.1 Å². The second-order valence-electron chi connectivity index (χ2n) is 4.73. The highest BCUT2D eigenvalue weighted by atomic mass is 35.5. The lowest BCUT2D eigenvalue weighted by Gasteiger charge is -2.12. The number of carbonyl (C=O) groups excluding carboxylic acids is 2. The minimum Gasteiger partial charge on any atom is -0.343 e. The van der Waals surface area contributed by atoms with Gasteiger partial charge in [-0.05, 0) is 29.8 Å². The van der Waals surface area contributed by atoms with E-state index >= 15 is 0 Å². The van der Waals surface area contributed by atoms with E-state index in [2.05, 4.69) is 10.6 Å². The van der Waals surface area contributed by atoms with E-state index in [9.17, 15) is 9.59 Å². The first kappa shape index (κ1) is 16.5. The van der Waals surface area contributed by atoms with Gasteiger partial charge in [0.1, 0.15) is 6.04 Å². The summed E-state index contributed by atoms with van der Waals surface area (Å²) in [6.45, 7) is -0.209. The van der Waals surface area contributed by atoms with Crippen molar-refractivity contribution in [1.82, 2.24) is 10.6 Å². The van der Waals surface area contributed by atoms with Gasteiger partial charge in [0.15, 0.2) is 0 Å². The maximum Gasteiger partial charge on any atom is 0.251 e. The summed E-state index contributed by atoms with van der Waals surface area (Å²) in [5, 5.41) is 14.8. The van der Waals surface area contributed by atoms with Crippen molar-refractivity contribution in [2.24, 2.45) is 0 Å². The number of benzene rings is 2. The first-order valence-electron chi connectivity index (χ1n) is 6.88. The fourth-order valence-electron chi connectivity index (χ4n) is 1.91. The van der Waals surface area contributed by atoms with E-state index in [4.69, 9.17) is 16.9 Å². The summed E-state index contributed by atoms with van der Waals surface area (Å²) in [5.41, 5.74) is 1.09. The average molecular weight is 328 g/mol. The van der Waals surface area contributed by atoms with Crippen molar-refractivity contribution in [3.05, 3.63) is 70.7 Å². The van der Waals surface area contributed by atoms with Gasteiger partial charge in [0, 0.05) is 10.6 Å². The second kappa shape index (κ2) is 7.97. The second-order valence-corrected chi connectivity index (χ2v) is 5.17. The van der Waals surface area contributed by atoms with Crippen LogP contribution in [0.3, 0.4) is 0 Å². The molecule has 0 heterocycles. The zero-order valence-electron chi connectivity index (χ0n) is 12.1. The summed E-state index contributed by atoms with van der Waals surface area (Å²) in [5.74, 6) is -0.795. The fourth-order valence-corrected chi connectivity index (χ4v) is 2.04. The molecule has 0 fully saturated rings. The van der Waals surface area contributed by atoms with Crippen molar-refractivity contribution in [3.8, 4) is 6.07 Å². The highest BCUT2D eigenvalue weighted by Gasteiger charge is 2.14. The third kappa shape index (κ3) is 4.83. The molecule has 0 radical (unpaired) electrons. The lowest BCUT2D eigenvalue weighted by atomic mass is 10.1. The van der Waals surface area contributed by atoms with Gasteiger partial charge in [-0.2, -0.15) is 5.26 Å². The molecular weight excluding hydrogens is 314 g/mol. The van der Waals surface area contributed by atoms with Crippen molar-refractivity contribution >= 4 is 23.4 Å². The number of hydrogen-bond donors (Lipinski definition) is 2. The van der Waals surface area contributed by atoms with E-state index in [-0.39, 0.29) is 12.5 Å². The summed E-state index contributed by atoms with van der Waals surface area (Å²) < 4.78 is 0. The maximum atomic E-state index is 11.9. The van der Waals surface area contributed by atoms with E-state index in [1.165, 1.54) is 0 Å². The standard InChI is InChI=1S/C17H14ClN3O2/c18-14-8-6-12(7-9-14)15(10-19)21-16(22)11-20-17(23)13-4-2-1-3-5-13/h1-9,15H,11H2,(H,20,23)(H,21,22)/t15-/m1/s1. The largest absolute Gasteiger partial charge is 0.343 e. The van der Waals surface area contributed by atoms with E-state index in [0.717, 1.165) is 0 Å². The Kier molecular flexibility index (Phi) is 5.73. The third-order valence-electron chi connectivity index (χ3n) is 3.08. The van der Waals surface area contributed by atoms with Gasteiger partial charge in [-0.1, -0.05) is 41.9 Å². The van der Waals surface area contributed by atoms with Crippen LogP contribution < -0.4 is 10.6 Å². The lowest BCUT2D eigenvalue weighted by molar-refractivity contribution is -0.120. The molecule has 0 aliphatic rings. The third-order valence-corrected chi connectivity index (χ3v) is 3.34. The molecule has 0 bridgehead atoms. The number of hydrogen-bond acceptors (Lipinski definition) is 3. The molecule has 2 aromatic carbocycles. The first-order valence-corrected chi connectivity index (χ1v) is 7.25. The van der Waals surface area contributed by atoms with Crippen molar-refractivity contribution in [2.45, 2.75) is 6.04 Å². The molecule has 0 aromatic heterocycles. The van der Waals surface area contributed by atoms with Crippen LogP contribution in [0.5, 0.6) is 0 Å². The van der Waals surface area contributed by atoms with Gasteiger partial charge in [-0.25, -0.2) is 0 Å². The molecule has 0 aliphatic heterocycles. The van der Waals surface area contributed by atoms with E-state index in [1.807, 2.05) is 6.07 Å². The Morgan fingerprint density at radius 1 is 1.09 bits per heavy atom. The lowest BCUT2D eigenvalue weighted by Crippen LogP contribution is -2.38. The summed E-state index contributed by atoms with van der Waals surface area (Å²) >= 11 is 5.79. The van der Waals surface area contributed by atoms with Gasteiger partial charge in [0.05, 0.1) is 12.6 Å². The van der Waals surface area contributed by atoms with Crippen LogP contribution in [0, 0.1) is 11.3 Å². The molecular formula is C17H14ClN3O2. The monoisotopic (exact) mass is 327 g/mol. The molecule has 116 valence electrons. The predicted molar refractivity (Wildman–Crippen MR) is 86.7 cm³/mol. The Bertz CT molecular complexity index is 724. The molecule has 2 rings (SSSR count). The van der Waals surface area contributed by atoms with Gasteiger partial charge in [0.25, 0.3) is 5.91 Å². The van der Waals surface area contributed by atoms with E-state index < -0.39 is 11.9 Å². The van der Waals surface area contributed by atoms with Crippen LogP contribution in [-0.4, -0.2) is 18.4 Å². The predicted octanol–water partition coefficient (Wildman–Crippen LogP) is 2.45. The average Bonchev–Trinajstić information content (AvgIpc) is 2.59. The van der Waals surface area contributed by atoms with E-state index in [1.54, 1.807) is 54.6 Å². The number of carbonyl (C=O) groups is 2. The molecule has 0 saturated carbocycles. The van der Waals surface area contributed by atoms with Crippen LogP contribution in [0.25, 0.3) is 0 Å². The molecule has 23 heavy (non-hydrogen) atoms. The number of nitrogens with one attached hydrogen (secondary N) is 2. The first-order chi connectivity index (χ1) is 11.1. The van der Waals surface area contributed by atoms with Crippen LogP contribution >= 0.6 is 11.6 Å². The zero-order valence-corrected chi connectivity index (χ0v) is 12.9. The van der Waals surface area contributed by atoms with Gasteiger partial charge in [-0.3, -0.25) is 9.59 Å². The zero-order chi connectivity index (χ0) is 16.7. The smallest absolute Gasteiger partial charge is 0.251 e. The van der Waals surface area contributed by atoms with Crippen LogP contribution in [0.2, 0.25) is 5.02 Å². The van der Waals surface area contributed by atoms with Gasteiger partial charge >= 0.3 is 0 Å². The SMILES string of the molecule is N#C[C@@H](NC(=O)CNC(=O)c1ccccc1)c1ccc(Cl)cc1. The maximum absolute atomic E-state index is 11.9. The summed E-state index contributed by atoms with van der Waals surface area (Å²) in [4.78, 5) is 23.7. The van der Waals surface area contributed by atoms with Gasteiger partial charge < -0.3 is 10.6 Å². The van der Waals surface area contributed by atoms with Crippen LogP contribution in [0.15, 0.2) is 54.6 Å². The highest BCUT2D eigenvalue weighted by molar-refractivity contribution is 6.30. The topological polar surface area (TPSA) is 82.0 Å². The van der Waals surface area contributed by atoms with Crippen molar-refractivity contribution in [2.75, 3.05) is 6.54 Å². The highest BCUT2D eigenvalue weighted by Crippen LogP contribution is 2.15. The molecule has 0 spiro atoms. The molecule has 0 saturated heterocycles. The molecule has 0 unspecified atom stereocenters. The fraction of sp³-hybridized carbons (Fsp3) is 0.118. The quantitative estimate of drug-likeness (QED) is 0.885. The number of nitrogens with zero attached hydrogens (tertiary/aromatic N) is 1. The molecule has 6 heteroatoms.